The maximum absolute atomic E-state index is 11.9. The van der Waals surface area contributed by atoms with E-state index in [1.807, 2.05) is 0 Å². The number of aryl methyl sites for hydroxylation is 1. The second kappa shape index (κ2) is 5.94. The number of aromatic amines is 1. The molecule has 0 atom stereocenters. The third kappa shape index (κ3) is 2.82. The van der Waals surface area contributed by atoms with E-state index >= 15 is 0 Å². The van der Waals surface area contributed by atoms with E-state index in [2.05, 4.69) is 15.3 Å². The predicted octanol–water partition coefficient (Wildman–Crippen LogP) is 1.18. The van der Waals surface area contributed by atoms with E-state index in [9.17, 15) is 14.4 Å². The highest BCUT2D eigenvalue weighted by atomic mass is 32.1. The number of hydrogen-bond acceptors (Lipinski definition) is 5. The largest absolute Gasteiger partial charge is 0.328 e. The fourth-order valence-corrected chi connectivity index (χ4v) is 2.69. The number of anilines is 1. The molecule has 8 heteroatoms. The van der Waals surface area contributed by atoms with Crippen molar-refractivity contribution in [2.75, 3.05) is 5.32 Å². The number of para-hydroxylation sites is 1. The number of carbonyl (C=O) groups excluding carboxylic acids is 1. The van der Waals surface area contributed by atoms with E-state index in [0.29, 0.717) is 16.0 Å². The van der Waals surface area contributed by atoms with Gasteiger partial charge in [-0.1, -0.05) is 12.1 Å². The Bertz CT molecular complexity index is 927. The quantitative estimate of drug-likeness (QED) is 0.755. The molecule has 0 spiro atoms. The van der Waals surface area contributed by atoms with Crippen molar-refractivity contribution in [2.45, 2.75) is 13.0 Å². The van der Waals surface area contributed by atoms with Gasteiger partial charge < -0.3 is 5.32 Å². The van der Waals surface area contributed by atoms with Crippen LogP contribution in [0, 0.1) is 0 Å². The molecule has 2 aromatic heterocycles. The van der Waals surface area contributed by atoms with Gasteiger partial charge in [-0.2, -0.15) is 0 Å². The summed E-state index contributed by atoms with van der Waals surface area (Å²) >= 11 is 1.32. The zero-order valence-corrected chi connectivity index (χ0v) is 12.2. The van der Waals surface area contributed by atoms with Crippen LogP contribution in [0.15, 0.2) is 45.4 Å². The fourth-order valence-electron chi connectivity index (χ4n) is 2.14. The van der Waals surface area contributed by atoms with Crippen LogP contribution in [-0.4, -0.2) is 20.4 Å². The van der Waals surface area contributed by atoms with Crippen molar-refractivity contribution in [3.05, 3.63) is 56.7 Å². The van der Waals surface area contributed by atoms with Gasteiger partial charge in [-0.3, -0.25) is 19.1 Å². The van der Waals surface area contributed by atoms with E-state index in [1.54, 1.807) is 35.8 Å². The summed E-state index contributed by atoms with van der Waals surface area (Å²) in [5.74, 6) is -0.239. The van der Waals surface area contributed by atoms with Crippen molar-refractivity contribution in [3.63, 3.8) is 0 Å². The molecule has 112 valence electrons. The summed E-state index contributed by atoms with van der Waals surface area (Å²) in [6.07, 6.45) is 1.70. The van der Waals surface area contributed by atoms with Crippen LogP contribution < -0.4 is 16.6 Å². The fraction of sp³-hybridized carbons (Fsp3) is 0.143. The number of nitrogens with one attached hydrogen (secondary N) is 2. The molecule has 0 aliphatic carbocycles. The number of aromatic nitrogens is 3. The molecule has 7 nitrogen and oxygen atoms in total. The molecule has 0 radical (unpaired) electrons. The Morgan fingerprint density at radius 2 is 2.14 bits per heavy atom. The highest BCUT2D eigenvalue weighted by molar-refractivity contribution is 7.13. The van der Waals surface area contributed by atoms with Crippen molar-refractivity contribution in [2.24, 2.45) is 0 Å². The Hall–Kier alpha value is -2.74. The maximum atomic E-state index is 11.9. The Balaban J connectivity index is 1.84. The molecule has 22 heavy (non-hydrogen) atoms. The molecule has 0 unspecified atom stereocenters. The van der Waals surface area contributed by atoms with Gasteiger partial charge in [0.05, 0.1) is 10.9 Å². The predicted molar refractivity (Wildman–Crippen MR) is 84.2 cm³/mol. The number of amides is 1. The smallest absolute Gasteiger partial charge is 0.302 e. The molecule has 3 rings (SSSR count). The number of hydrogen-bond donors (Lipinski definition) is 2. The molecule has 1 amide bonds. The Morgan fingerprint density at radius 3 is 2.91 bits per heavy atom. The summed E-state index contributed by atoms with van der Waals surface area (Å²) in [4.78, 5) is 41.8. The second-order valence-electron chi connectivity index (χ2n) is 4.56. The minimum Gasteiger partial charge on any atom is -0.302 e. The first-order chi connectivity index (χ1) is 10.6. The summed E-state index contributed by atoms with van der Waals surface area (Å²) in [6.45, 7) is 0.174. The van der Waals surface area contributed by atoms with Crippen LogP contribution in [0.4, 0.5) is 5.13 Å². The Labute approximate surface area is 128 Å². The summed E-state index contributed by atoms with van der Waals surface area (Å²) in [6, 6.07) is 6.79. The number of fused-ring (bicyclic) bond motifs is 1. The lowest BCUT2D eigenvalue weighted by Gasteiger charge is -2.08. The molecule has 1 aromatic carbocycles. The summed E-state index contributed by atoms with van der Waals surface area (Å²) in [7, 11) is 0. The van der Waals surface area contributed by atoms with Crippen LogP contribution in [0.2, 0.25) is 0 Å². The standard InChI is InChI=1S/C14H12N4O3S/c19-11(16-13-15-6-8-22-13)5-7-18-10-4-2-1-3-9(10)12(20)17-14(18)21/h1-4,6,8H,5,7H2,(H,15,16,19)(H,17,20,21). The Kier molecular flexibility index (Phi) is 3.84. The first kappa shape index (κ1) is 14.2. The molecule has 0 aliphatic heterocycles. The lowest BCUT2D eigenvalue weighted by Crippen LogP contribution is -2.31. The maximum Gasteiger partial charge on any atom is 0.328 e. The lowest BCUT2D eigenvalue weighted by molar-refractivity contribution is -0.116. The van der Waals surface area contributed by atoms with Gasteiger partial charge >= 0.3 is 5.69 Å². The van der Waals surface area contributed by atoms with Crippen LogP contribution in [0.3, 0.4) is 0 Å². The zero-order chi connectivity index (χ0) is 15.5. The van der Waals surface area contributed by atoms with Crippen LogP contribution in [0.25, 0.3) is 10.9 Å². The van der Waals surface area contributed by atoms with E-state index in [1.165, 1.54) is 15.9 Å². The topological polar surface area (TPSA) is 96.9 Å². The molecule has 0 bridgehead atoms. The van der Waals surface area contributed by atoms with Crippen molar-refractivity contribution >= 4 is 33.3 Å². The van der Waals surface area contributed by atoms with Crippen molar-refractivity contribution in [3.8, 4) is 0 Å². The minimum absolute atomic E-state index is 0.107. The zero-order valence-electron chi connectivity index (χ0n) is 11.4. The van der Waals surface area contributed by atoms with Crippen LogP contribution in [-0.2, 0) is 11.3 Å². The number of rotatable bonds is 4. The molecule has 0 saturated carbocycles. The first-order valence-electron chi connectivity index (χ1n) is 6.56. The molecular formula is C14H12N4O3S. The number of H-pyrrole nitrogens is 1. The monoisotopic (exact) mass is 316 g/mol. The molecule has 2 N–H and O–H groups in total. The van der Waals surface area contributed by atoms with Crippen molar-refractivity contribution in [1.29, 1.82) is 0 Å². The third-order valence-electron chi connectivity index (χ3n) is 3.15. The lowest BCUT2D eigenvalue weighted by atomic mass is 10.2. The van der Waals surface area contributed by atoms with Gasteiger partial charge in [0.1, 0.15) is 0 Å². The van der Waals surface area contributed by atoms with Gasteiger partial charge in [-0.15, -0.1) is 11.3 Å². The summed E-state index contributed by atoms with van der Waals surface area (Å²) < 4.78 is 1.39. The van der Waals surface area contributed by atoms with E-state index in [4.69, 9.17) is 0 Å². The third-order valence-corrected chi connectivity index (χ3v) is 3.83. The van der Waals surface area contributed by atoms with E-state index < -0.39 is 11.2 Å². The van der Waals surface area contributed by atoms with Crippen molar-refractivity contribution in [1.82, 2.24) is 14.5 Å². The van der Waals surface area contributed by atoms with Gasteiger partial charge in [-0.05, 0) is 12.1 Å². The van der Waals surface area contributed by atoms with Crippen LogP contribution in [0.5, 0.6) is 0 Å². The SMILES string of the molecule is O=C(CCn1c(=O)[nH]c(=O)c2ccccc21)Nc1nccs1. The van der Waals surface area contributed by atoms with E-state index in [-0.39, 0.29) is 18.9 Å². The highest BCUT2D eigenvalue weighted by Gasteiger charge is 2.09. The van der Waals surface area contributed by atoms with Gasteiger partial charge in [0.2, 0.25) is 5.91 Å². The molecule has 0 fully saturated rings. The average Bonchev–Trinajstić information content (AvgIpc) is 3.00. The average molecular weight is 316 g/mol. The number of thiazole rings is 1. The highest BCUT2D eigenvalue weighted by Crippen LogP contribution is 2.11. The second-order valence-corrected chi connectivity index (χ2v) is 5.46. The molecule has 0 aliphatic rings. The van der Waals surface area contributed by atoms with E-state index in [0.717, 1.165) is 0 Å². The van der Waals surface area contributed by atoms with Crippen molar-refractivity contribution < 1.29 is 4.79 Å². The number of carbonyl (C=O) groups is 1. The molecular weight excluding hydrogens is 304 g/mol. The summed E-state index contributed by atoms with van der Waals surface area (Å²) in [5, 5.41) is 5.35. The molecule has 2 heterocycles. The summed E-state index contributed by atoms with van der Waals surface area (Å²) in [5.41, 5.74) is -0.437. The normalized spacial score (nSPS) is 10.7. The molecule has 0 saturated heterocycles. The minimum atomic E-state index is -0.522. The van der Waals surface area contributed by atoms with Gasteiger partial charge in [0, 0.05) is 24.5 Å². The van der Waals surface area contributed by atoms with Gasteiger partial charge in [0.25, 0.3) is 5.56 Å². The number of nitrogens with zero attached hydrogens (tertiary/aromatic N) is 2. The Morgan fingerprint density at radius 1 is 1.32 bits per heavy atom. The van der Waals surface area contributed by atoms with Crippen LogP contribution in [0.1, 0.15) is 6.42 Å². The first-order valence-corrected chi connectivity index (χ1v) is 7.44. The van der Waals surface area contributed by atoms with Gasteiger partial charge in [0.15, 0.2) is 5.13 Å². The number of benzene rings is 1. The van der Waals surface area contributed by atoms with Crippen LogP contribution >= 0.6 is 11.3 Å². The van der Waals surface area contributed by atoms with Gasteiger partial charge in [-0.25, -0.2) is 9.78 Å². The molecule has 3 aromatic rings.